The third-order valence-corrected chi connectivity index (χ3v) is 5.01. The summed E-state index contributed by atoms with van der Waals surface area (Å²) < 4.78 is 7.78. The number of carbonyl (C=O) groups excluding carboxylic acids is 1. The van der Waals surface area contributed by atoms with E-state index in [1.165, 1.54) is 4.40 Å². The molecule has 0 bridgehead atoms. The minimum Gasteiger partial charge on any atom is -0.497 e. The van der Waals surface area contributed by atoms with Crippen molar-refractivity contribution in [2.24, 2.45) is 0 Å². The van der Waals surface area contributed by atoms with Crippen molar-refractivity contribution in [3.63, 3.8) is 0 Å². The third-order valence-electron chi connectivity index (χ3n) is 5.01. The smallest absolute Gasteiger partial charge is 0.352 e. The Hall–Kier alpha value is -3.94. The molecular formula is C23H23N5O3. The van der Waals surface area contributed by atoms with Crippen molar-refractivity contribution in [1.82, 2.24) is 19.2 Å². The number of hydrogen-bond donors (Lipinski definition) is 1. The van der Waals surface area contributed by atoms with Crippen molar-refractivity contribution >= 4 is 17.2 Å². The first kappa shape index (κ1) is 20.3. The van der Waals surface area contributed by atoms with Gasteiger partial charge in [0.1, 0.15) is 18.1 Å². The highest BCUT2D eigenvalue weighted by atomic mass is 16.5. The highest BCUT2D eigenvalue weighted by Crippen LogP contribution is 2.21. The third kappa shape index (κ3) is 4.05. The summed E-state index contributed by atoms with van der Waals surface area (Å²) >= 11 is 0. The van der Waals surface area contributed by atoms with Crippen LogP contribution >= 0.6 is 0 Å². The molecule has 4 aromatic rings. The molecule has 4 rings (SSSR count). The zero-order chi connectivity index (χ0) is 22.1. The molecule has 8 nitrogen and oxygen atoms in total. The first-order valence-corrected chi connectivity index (χ1v) is 9.84. The predicted molar refractivity (Wildman–Crippen MR) is 119 cm³/mol. The average molecular weight is 417 g/mol. The Morgan fingerprint density at radius 2 is 1.81 bits per heavy atom. The molecule has 2 aromatic heterocycles. The Kier molecular flexibility index (Phi) is 5.29. The van der Waals surface area contributed by atoms with E-state index in [4.69, 9.17) is 4.74 Å². The fourth-order valence-electron chi connectivity index (χ4n) is 3.39. The average Bonchev–Trinajstić information content (AvgIpc) is 3.05. The second-order valence-corrected chi connectivity index (χ2v) is 7.45. The Balaban J connectivity index is 1.70. The lowest BCUT2D eigenvalue weighted by molar-refractivity contribution is -0.117. The highest BCUT2D eigenvalue weighted by Gasteiger charge is 2.17. The summed E-state index contributed by atoms with van der Waals surface area (Å²) in [6.07, 6.45) is 0. The van der Waals surface area contributed by atoms with Gasteiger partial charge in [-0.05, 0) is 62.2 Å². The number of methoxy groups -OCH3 is 1. The zero-order valence-electron chi connectivity index (χ0n) is 17.8. The van der Waals surface area contributed by atoms with Gasteiger partial charge in [0.25, 0.3) is 0 Å². The summed E-state index contributed by atoms with van der Waals surface area (Å²) in [5.74, 6) is 0.845. The molecule has 2 aromatic carbocycles. The molecule has 1 N–H and O–H groups in total. The molecule has 0 aliphatic carbocycles. The second kappa shape index (κ2) is 8.06. The van der Waals surface area contributed by atoms with Gasteiger partial charge in [-0.2, -0.15) is 0 Å². The first-order chi connectivity index (χ1) is 14.9. The number of fused-ring (bicyclic) bond motifs is 1. The van der Waals surface area contributed by atoms with Crippen LogP contribution in [0, 0.1) is 20.8 Å². The van der Waals surface area contributed by atoms with E-state index in [2.05, 4.69) is 15.4 Å². The fraction of sp³-hybridized carbons (Fsp3) is 0.217. The van der Waals surface area contributed by atoms with E-state index < -0.39 is 5.69 Å². The van der Waals surface area contributed by atoms with Crippen LogP contribution in [0.4, 0.5) is 5.69 Å². The molecule has 8 heteroatoms. The quantitative estimate of drug-likeness (QED) is 0.539. The zero-order valence-corrected chi connectivity index (χ0v) is 17.8. The van der Waals surface area contributed by atoms with Crippen LogP contribution < -0.4 is 15.7 Å². The summed E-state index contributed by atoms with van der Waals surface area (Å²) in [7, 11) is 1.59. The summed E-state index contributed by atoms with van der Waals surface area (Å²) in [4.78, 5) is 30.2. The molecule has 0 aliphatic heterocycles. The maximum atomic E-state index is 13.1. The maximum absolute atomic E-state index is 13.1. The number of aryl methyl sites for hydroxylation is 3. The molecule has 0 atom stereocenters. The van der Waals surface area contributed by atoms with E-state index in [-0.39, 0.29) is 12.5 Å². The van der Waals surface area contributed by atoms with Crippen LogP contribution in [0.5, 0.6) is 5.75 Å². The number of anilines is 1. The van der Waals surface area contributed by atoms with Crippen LogP contribution in [-0.4, -0.2) is 32.2 Å². The van der Waals surface area contributed by atoms with Gasteiger partial charge in [-0.3, -0.25) is 4.79 Å². The number of benzene rings is 2. The number of carbonyl (C=O) groups is 1. The number of ether oxygens (including phenoxy) is 1. The molecule has 0 spiro atoms. The van der Waals surface area contributed by atoms with Crippen molar-refractivity contribution in [3.05, 3.63) is 75.8 Å². The Bertz CT molecular complexity index is 1340. The Morgan fingerprint density at radius 1 is 1.06 bits per heavy atom. The topological polar surface area (TPSA) is 90.5 Å². The van der Waals surface area contributed by atoms with E-state index in [1.807, 2.05) is 51.1 Å². The summed E-state index contributed by atoms with van der Waals surface area (Å²) in [5.41, 5.74) is 4.18. The van der Waals surface area contributed by atoms with E-state index >= 15 is 0 Å². The molecule has 2 heterocycles. The van der Waals surface area contributed by atoms with E-state index in [9.17, 15) is 9.59 Å². The van der Waals surface area contributed by atoms with Gasteiger partial charge in [0.2, 0.25) is 5.91 Å². The summed E-state index contributed by atoms with van der Waals surface area (Å²) in [5, 5.41) is 7.22. The van der Waals surface area contributed by atoms with Crippen molar-refractivity contribution in [3.8, 4) is 17.1 Å². The van der Waals surface area contributed by atoms with Gasteiger partial charge >= 0.3 is 5.69 Å². The number of aromatic nitrogens is 4. The minimum absolute atomic E-state index is 0.199. The second-order valence-electron chi connectivity index (χ2n) is 7.45. The van der Waals surface area contributed by atoms with E-state index in [0.717, 1.165) is 32.8 Å². The number of amides is 1. The molecule has 158 valence electrons. The highest BCUT2D eigenvalue weighted by molar-refractivity contribution is 5.91. The number of nitrogens with zero attached hydrogens (tertiary/aromatic N) is 4. The monoisotopic (exact) mass is 417 g/mol. The molecule has 0 fully saturated rings. The van der Waals surface area contributed by atoms with Crippen LogP contribution in [0.1, 0.15) is 16.8 Å². The van der Waals surface area contributed by atoms with Crippen LogP contribution in [0.2, 0.25) is 0 Å². The SMILES string of the molecule is COc1ccc(-c2nc(C)cc3nn(CC(=O)Nc4cc(C)ccc4C)c(=O)n23)cc1. The van der Waals surface area contributed by atoms with Crippen molar-refractivity contribution in [2.75, 3.05) is 12.4 Å². The molecule has 0 aliphatic rings. The summed E-state index contributed by atoms with van der Waals surface area (Å²) in [6, 6.07) is 14.8. The minimum atomic E-state index is -0.426. The maximum Gasteiger partial charge on any atom is 0.352 e. The first-order valence-electron chi connectivity index (χ1n) is 9.84. The van der Waals surface area contributed by atoms with Gasteiger partial charge in [0.15, 0.2) is 5.65 Å². The standard InChI is InChI=1S/C23H23N5O3/c1-14-5-6-15(2)19(11-14)25-21(29)13-27-23(30)28-20(26-27)12-16(3)24-22(28)17-7-9-18(31-4)10-8-17/h5-12H,13H2,1-4H3,(H,25,29). The lowest BCUT2D eigenvalue weighted by atomic mass is 10.1. The van der Waals surface area contributed by atoms with Crippen LogP contribution in [0.3, 0.4) is 0 Å². The lowest BCUT2D eigenvalue weighted by Crippen LogP contribution is -2.29. The number of nitrogens with one attached hydrogen (secondary N) is 1. The lowest BCUT2D eigenvalue weighted by Gasteiger charge is -2.09. The van der Waals surface area contributed by atoms with Crippen molar-refractivity contribution in [2.45, 2.75) is 27.3 Å². The van der Waals surface area contributed by atoms with Crippen LogP contribution in [-0.2, 0) is 11.3 Å². The van der Waals surface area contributed by atoms with Crippen LogP contribution in [0.25, 0.3) is 17.0 Å². The van der Waals surface area contributed by atoms with E-state index in [1.54, 1.807) is 25.3 Å². The molecule has 0 saturated heterocycles. The predicted octanol–water partition coefficient (Wildman–Crippen LogP) is 3.13. The molecular weight excluding hydrogens is 394 g/mol. The largest absolute Gasteiger partial charge is 0.497 e. The normalized spacial score (nSPS) is 11.0. The summed E-state index contributed by atoms with van der Waals surface area (Å²) in [6.45, 7) is 5.51. The van der Waals surface area contributed by atoms with Gasteiger partial charge in [-0.1, -0.05) is 12.1 Å². The van der Waals surface area contributed by atoms with Gasteiger partial charge in [-0.15, -0.1) is 5.10 Å². The van der Waals surface area contributed by atoms with Crippen LogP contribution in [0.15, 0.2) is 53.3 Å². The van der Waals surface area contributed by atoms with Gasteiger partial charge in [0, 0.05) is 23.0 Å². The Labute approximate surface area is 179 Å². The van der Waals surface area contributed by atoms with Gasteiger partial charge in [0.05, 0.1) is 7.11 Å². The molecule has 0 radical (unpaired) electrons. The van der Waals surface area contributed by atoms with Gasteiger partial charge < -0.3 is 10.1 Å². The van der Waals surface area contributed by atoms with Gasteiger partial charge in [-0.25, -0.2) is 18.9 Å². The molecule has 0 unspecified atom stereocenters. The fourth-order valence-corrected chi connectivity index (χ4v) is 3.39. The molecule has 31 heavy (non-hydrogen) atoms. The molecule has 0 saturated carbocycles. The molecule has 1 amide bonds. The number of hydrogen-bond acceptors (Lipinski definition) is 5. The van der Waals surface area contributed by atoms with Crippen molar-refractivity contribution < 1.29 is 9.53 Å². The Morgan fingerprint density at radius 3 is 2.52 bits per heavy atom. The number of rotatable bonds is 5. The van der Waals surface area contributed by atoms with Crippen molar-refractivity contribution in [1.29, 1.82) is 0 Å². The van der Waals surface area contributed by atoms with E-state index in [0.29, 0.717) is 17.2 Å².